The lowest BCUT2D eigenvalue weighted by Crippen LogP contribution is -2.26. The molecular weight excluding hydrogens is 516 g/mol. The summed E-state index contributed by atoms with van der Waals surface area (Å²) >= 11 is 0. The molecule has 0 aromatic heterocycles. The molecule has 0 radical (unpaired) electrons. The van der Waals surface area contributed by atoms with Crippen LogP contribution in [0, 0.1) is 24.2 Å². The van der Waals surface area contributed by atoms with Crippen molar-refractivity contribution in [3.05, 3.63) is 119 Å². The largest absolute Gasteiger partial charge is 0.489 e. The van der Waals surface area contributed by atoms with Crippen LogP contribution in [-0.4, -0.2) is 28.5 Å². The van der Waals surface area contributed by atoms with Gasteiger partial charge in [-0.15, -0.1) is 0 Å². The van der Waals surface area contributed by atoms with Crippen molar-refractivity contribution in [2.45, 2.75) is 39.7 Å². The molecule has 0 heterocycles. The van der Waals surface area contributed by atoms with Gasteiger partial charge in [0.25, 0.3) is 0 Å². The highest BCUT2D eigenvalue weighted by Gasteiger charge is 2.20. The summed E-state index contributed by atoms with van der Waals surface area (Å²) in [5.74, 6) is -1.12. The normalized spacial score (nSPS) is 12.4. The number of aliphatic hydroxyl groups is 1. The van der Waals surface area contributed by atoms with Crippen LogP contribution in [-0.2, 0) is 24.6 Å². The Bertz CT molecular complexity index is 1560. The molecular formula is C34H32N2O5. The predicted octanol–water partition coefficient (Wildman–Crippen LogP) is 6.34. The maximum absolute atomic E-state index is 11.4. The zero-order valence-electron chi connectivity index (χ0n) is 23.0. The van der Waals surface area contributed by atoms with E-state index in [-0.39, 0.29) is 13.2 Å². The second-order valence-corrected chi connectivity index (χ2v) is 9.71. The monoisotopic (exact) mass is 548 g/mol. The average Bonchev–Trinajstić information content (AvgIpc) is 2.98. The van der Waals surface area contributed by atoms with Crippen molar-refractivity contribution in [3.8, 4) is 28.7 Å². The number of rotatable bonds is 12. The lowest BCUT2D eigenvalue weighted by molar-refractivity contribution is -0.141. The summed E-state index contributed by atoms with van der Waals surface area (Å²) < 4.78 is 12.3. The van der Waals surface area contributed by atoms with E-state index < -0.39 is 18.0 Å². The molecule has 0 aliphatic heterocycles. The molecule has 0 amide bonds. The van der Waals surface area contributed by atoms with Crippen molar-refractivity contribution in [3.63, 3.8) is 0 Å². The van der Waals surface area contributed by atoms with Gasteiger partial charge in [0.2, 0.25) is 0 Å². The van der Waals surface area contributed by atoms with Crippen LogP contribution in [0.15, 0.2) is 96.0 Å². The zero-order chi connectivity index (χ0) is 29.2. The molecule has 0 bridgehead atoms. The minimum absolute atomic E-state index is 0.155. The van der Waals surface area contributed by atoms with Crippen molar-refractivity contribution >= 4 is 12.2 Å². The van der Waals surface area contributed by atoms with E-state index in [1.807, 2.05) is 48.5 Å². The van der Waals surface area contributed by atoms with Gasteiger partial charge in [-0.05, 0) is 65.9 Å². The van der Waals surface area contributed by atoms with Crippen LogP contribution in [0.5, 0.6) is 11.5 Å². The third-order valence-electron chi connectivity index (χ3n) is 6.75. The van der Waals surface area contributed by atoms with Gasteiger partial charge in [-0.25, -0.2) is 0 Å². The van der Waals surface area contributed by atoms with Crippen molar-refractivity contribution in [1.82, 2.24) is 0 Å². The minimum atomic E-state index is -1.15. The first kappa shape index (κ1) is 29.1. The molecule has 7 nitrogen and oxygen atoms in total. The molecule has 0 saturated carbocycles. The molecule has 4 aromatic carbocycles. The van der Waals surface area contributed by atoms with Crippen LogP contribution < -0.4 is 9.47 Å². The highest BCUT2D eigenvalue weighted by Crippen LogP contribution is 2.29. The first-order chi connectivity index (χ1) is 19.9. The van der Waals surface area contributed by atoms with Crippen LogP contribution in [0.3, 0.4) is 0 Å². The summed E-state index contributed by atoms with van der Waals surface area (Å²) in [7, 11) is 0. The van der Waals surface area contributed by atoms with Crippen molar-refractivity contribution in [2.75, 3.05) is 0 Å². The summed E-state index contributed by atoms with van der Waals surface area (Å²) in [5, 5.41) is 28.3. The Kier molecular flexibility index (Phi) is 9.87. The first-order valence-corrected chi connectivity index (χ1v) is 13.3. The average molecular weight is 549 g/mol. The summed E-state index contributed by atoms with van der Waals surface area (Å²) in [6.07, 6.45) is 0.180. The van der Waals surface area contributed by atoms with E-state index in [4.69, 9.17) is 9.47 Å². The fraction of sp³-hybridized carbons (Fsp3) is 0.206. The molecule has 0 aliphatic carbocycles. The predicted molar refractivity (Wildman–Crippen MR) is 158 cm³/mol. The lowest BCUT2D eigenvalue weighted by atomic mass is 9.97. The number of ether oxygens (including phenoxy) is 2. The standard InChI is InChI=1S/C34H32N2O5/c1-23-29(12-7-13-31(23)27-10-4-3-5-11-27)22-40-30-15-14-28(19-36-20-32(24(2)37)34(38)39)33(17-30)41-21-26-9-6-8-25(16-26)18-35/h3-17,20,24,32,37H,19,21-22H2,1-2H3,(H,38,39). The highest BCUT2D eigenvalue weighted by atomic mass is 16.5. The molecule has 0 fully saturated rings. The fourth-order valence-corrected chi connectivity index (χ4v) is 4.37. The third-order valence-corrected chi connectivity index (χ3v) is 6.75. The lowest BCUT2D eigenvalue weighted by Gasteiger charge is -2.15. The fourth-order valence-electron chi connectivity index (χ4n) is 4.37. The van der Waals surface area contributed by atoms with Gasteiger partial charge in [-0.2, -0.15) is 5.26 Å². The number of aliphatic imine (C=N–C) groups is 1. The number of carboxylic acid groups (broad SMARTS) is 1. The Morgan fingerprint density at radius 1 is 0.951 bits per heavy atom. The van der Waals surface area contributed by atoms with E-state index in [0.29, 0.717) is 23.7 Å². The molecule has 0 aliphatic rings. The number of carboxylic acids is 1. The Labute approximate surface area is 240 Å². The second kappa shape index (κ2) is 13.9. The molecule has 7 heteroatoms. The van der Waals surface area contributed by atoms with Gasteiger partial charge in [0, 0.05) is 17.8 Å². The van der Waals surface area contributed by atoms with Crippen LogP contribution in [0.25, 0.3) is 11.1 Å². The zero-order valence-corrected chi connectivity index (χ0v) is 23.0. The van der Waals surface area contributed by atoms with Gasteiger partial charge in [0.1, 0.15) is 30.6 Å². The molecule has 2 unspecified atom stereocenters. The Morgan fingerprint density at radius 2 is 1.73 bits per heavy atom. The molecule has 0 saturated heterocycles. The molecule has 41 heavy (non-hydrogen) atoms. The molecule has 2 atom stereocenters. The number of nitrogens with zero attached hydrogens (tertiary/aromatic N) is 2. The van der Waals surface area contributed by atoms with E-state index >= 15 is 0 Å². The first-order valence-electron chi connectivity index (χ1n) is 13.3. The number of benzene rings is 4. The Morgan fingerprint density at radius 3 is 2.46 bits per heavy atom. The van der Waals surface area contributed by atoms with E-state index in [2.05, 4.69) is 36.2 Å². The topological polar surface area (TPSA) is 112 Å². The van der Waals surface area contributed by atoms with Gasteiger partial charge in [0.05, 0.1) is 24.3 Å². The van der Waals surface area contributed by atoms with Gasteiger partial charge in [-0.1, -0.05) is 60.7 Å². The maximum atomic E-state index is 11.4. The van der Waals surface area contributed by atoms with Crippen molar-refractivity contribution in [1.29, 1.82) is 5.26 Å². The number of carbonyl (C=O) groups is 1. The summed E-state index contributed by atoms with van der Waals surface area (Å²) in [5.41, 5.74) is 6.60. The molecule has 4 aromatic rings. The maximum Gasteiger partial charge on any atom is 0.314 e. The van der Waals surface area contributed by atoms with Crippen LogP contribution >= 0.6 is 0 Å². The number of hydrogen-bond donors (Lipinski definition) is 2. The van der Waals surface area contributed by atoms with Crippen molar-refractivity contribution < 1.29 is 24.5 Å². The van der Waals surface area contributed by atoms with Crippen LogP contribution in [0.4, 0.5) is 0 Å². The number of aliphatic hydroxyl groups excluding tert-OH is 1. The number of aliphatic carboxylic acids is 1. The minimum Gasteiger partial charge on any atom is -0.489 e. The summed E-state index contributed by atoms with van der Waals surface area (Å²) in [6, 6.07) is 31.1. The number of hydrogen-bond acceptors (Lipinski definition) is 6. The van der Waals surface area contributed by atoms with E-state index in [1.165, 1.54) is 13.1 Å². The Balaban J connectivity index is 1.55. The van der Waals surface area contributed by atoms with Crippen molar-refractivity contribution in [2.24, 2.45) is 10.9 Å². The third kappa shape index (κ3) is 7.81. The van der Waals surface area contributed by atoms with Gasteiger partial charge < -0.3 is 19.7 Å². The van der Waals surface area contributed by atoms with E-state index in [9.17, 15) is 20.3 Å². The van der Waals surface area contributed by atoms with E-state index in [0.717, 1.165) is 33.4 Å². The van der Waals surface area contributed by atoms with Gasteiger partial charge >= 0.3 is 5.97 Å². The quantitative estimate of drug-likeness (QED) is 0.200. The summed E-state index contributed by atoms with van der Waals surface area (Å²) in [4.78, 5) is 15.7. The number of nitriles is 1. The molecule has 0 spiro atoms. The molecule has 4 rings (SSSR count). The van der Waals surface area contributed by atoms with Gasteiger partial charge in [-0.3, -0.25) is 9.79 Å². The SMILES string of the molecule is Cc1c(COc2ccc(CN=CC(C(=O)O)C(C)O)c(OCc3cccc(C#N)c3)c2)cccc1-c1ccccc1. The van der Waals surface area contributed by atoms with Crippen LogP contribution in [0.1, 0.15) is 34.7 Å². The highest BCUT2D eigenvalue weighted by molar-refractivity contribution is 5.89. The molecule has 208 valence electrons. The smallest absolute Gasteiger partial charge is 0.314 e. The molecule has 2 N–H and O–H groups in total. The summed E-state index contributed by atoms with van der Waals surface area (Å²) in [6.45, 7) is 4.24. The Hall–Kier alpha value is -4.93. The van der Waals surface area contributed by atoms with Crippen LogP contribution in [0.2, 0.25) is 0 Å². The van der Waals surface area contributed by atoms with Gasteiger partial charge in [0.15, 0.2) is 0 Å². The second-order valence-electron chi connectivity index (χ2n) is 9.71. The van der Waals surface area contributed by atoms with E-state index in [1.54, 1.807) is 24.3 Å².